The average molecular weight is 288 g/mol. The Labute approximate surface area is 112 Å². The van der Waals surface area contributed by atoms with E-state index in [1.54, 1.807) is 6.92 Å². The summed E-state index contributed by atoms with van der Waals surface area (Å²) in [7, 11) is -3.70. The average Bonchev–Trinajstić information content (AvgIpc) is 2.41. The molecule has 19 heavy (non-hydrogen) atoms. The predicted molar refractivity (Wildman–Crippen MR) is 68.9 cm³/mol. The summed E-state index contributed by atoms with van der Waals surface area (Å²) < 4.78 is 45.2. The van der Waals surface area contributed by atoms with Crippen molar-refractivity contribution in [2.45, 2.75) is 17.9 Å². The van der Waals surface area contributed by atoms with E-state index in [9.17, 15) is 12.8 Å². The number of rotatable bonds is 4. The van der Waals surface area contributed by atoms with E-state index in [4.69, 9.17) is 4.74 Å². The van der Waals surface area contributed by atoms with Crippen LogP contribution < -0.4 is 10.0 Å². The first kappa shape index (κ1) is 14.4. The molecular formula is C12H17FN2O3S. The Balaban J connectivity index is 2.02. The molecule has 1 unspecified atom stereocenters. The van der Waals surface area contributed by atoms with Crippen molar-refractivity contribution in [3.05, 3.63) is 29.6 Å². The van der Waals surface area contributed by atoms with Crippen molar-refractivity contribution in [1.82, 2.24) is 10.0 Å². The summed E-state index contributed by atoms with van der Waals surface area (Å²) in [6.07, 6.45) is -0.196. The monoisotopic (exact) mass is 288 g/mol. The molecule has 2 rings (SSSR count). The van der Waals surface area contributed by atoms with Crippen LogP contribution >= 0.6 is 0 Å². The van der Waals surface area contributed by atoms with Crippen LogP contribution in [-0.4, -0.2) is 40.8 Å². The van der Waals surface area contributed by atoms with Gasteiger partial charge in [-0.2, -0.15) is 0 Å². The third kappa shape index (κ3) is 3.73. The minimum absolute atomic E-state index is 0.0700. The second-order valence-electron chi connectivity index (χ2n) is 4.46. The number of hydrogen-bond acceptors (Lipinski definition) is 4. The second-order valence-corrected chi connectivity index (χ2v) is 6.23. The zero-order valence-corrected chi connectivity index (χ0v) is 11.5. The lowest BCUT2D eigenvalue weighted by molar-refractivity contribution is 0.0324. The van der Waals surface area contributed by atoms with Gasteiger partial charge in [0.15, 0.2) is 0 Å². The number of ether oxygens (including phenoxy) is 1. The Bertz CT molecular complexity index is 542. The van der Waals surface area contributed by atoms with Crippen LogP contribution in [0.4, 0.5) is 4.39 Å². The molecule has 7 heteroatoms. The molecule has 106 valence electrons. The predicted octanol–water partition coefficient (Wildman–Crippen LogP) is 0.401. The zero-order chi connectivity index (χ0) is 13.9. The number of halogens is 1. The van der Waals surface area contributed by atoms with Gasteiger partial charge in [0.1, 0.15) is 5.82 Å². The summed E-state index contributed by atoms with van der Waals surface area (Å²) in [5.41, 5.74) is 0.416. The molecule has 1 fully saturated rings. The fourth-order valence-corrected chi connectivity index (χ4v) is 2.86. The molecule has 1 aliphatic heterocycles. The molecule has 0 spiro atoms. The topological polar surface area (TPSA) is 67.4 Å². The third-order valence-electron chi connectivity index (χ3n) is 2.96. The van der Waals surface area contributed by atoms with Crippen molar-refractivity contribution >= 4 is 10.0 Å². The van der Waals surface area contributed by atoms with E-state index >= 15 is 0 Å². The first-order chi connectivity index (χ1) is 8.99. The smallest absolute Gasteiger partial charge is 0.240 e. The second kappa shape index (κ2) is 5.96. The van der Waals surface area contributed by atoms with E-state index < -0.39 is 15.8 Å². The molecule has 0 bridgehead atoms. The van der Waals surface area contributed by atoms with E-state index in [0.29, 0.717) is 18.7 Å². The Morgan fingerprint density at radius 2 is 2.32 bits per heavy atom. The van der Waals surface area contributed by atoms with Gasteiger partial charge in [-0.25, -0.2) is 17.5 Å². The summed E-state index contributed by atoms with van der Waals surface area (Å²) in [4.78, 5) is -0.0700. The molecule has 0 aromatic heterocycles. The molecule has 0 radical (unpaired) electrons. The summed E-state index contributed by atoms with van der Waals surface area (Å²) in [5, 5.41) is 3.11. The molecular weight excluding hydrogens is 271 g/mol. The number of morpholine rings is 1. The van der Waals surface area contributed by atoms with Crippen molar-refractivity contribution in [1.29, 1.82) is 0 Å². The fourth-order valence-electron chi connectivity index (χ4n) is 1.78. The molecule has 1 aromatic rings. The Hall–Kier alpha value is -1.02. The summed E-state index contributed by atoms with van der Waals surface area (Å²) >= 11 is 0. The number of aryl methyl sites for hydroxylation is 1. The Kier molecular flexibility index (Phi) is 4.51. The zero-order valence-electron chi connectivity index (χ0n) is 10.6. The molecule has 1 aromatic carbocycles. The van der Waals surface area contributed by atoms with Crippen LogP contribution in [0, 0.1) is 12.7 Å². The van der Waals surface area contributed by atoms with E-state index in [-0.39, 0.29) is 17.5 Å². The van der Waals surface area contributed by atoms with E-state index in [2.05, 4.69) is 10.0 Å². The van der Waals surface area contributed by atoms with Gasteiger partial charge in [-0.3, -0.25) is 0 Å². The summed E-state index contributed by atoms with van der Waals surface area (Å²) in [5.74, 6) is -0.529. The van der Waals surface area contributed by atoms with Crippen molar-refractivity contribution in [3.8, 4) is 0 Å². The lowest BCUT2D eigenvalue weighted by Crippen LogP contribution is -2.45. The highest BCUT2D eigenvalue weighted by Crippen LogP contribution is 2.14. The van der Waals surface area contributed by atoms with E-state index in [1.807, 2.05) is 0 Å². The third-order valence-corrected chi connectivity index (χ3v) is 4.38. The molecule has 5 nitrogen and oxygen atoms in total. The molecule has 2 N–H and O–H groups in total. The SMILES string of the molecule is Cc1ccc(S(=O)(=O)NCC2CNCCO2)cc1F. The van der Waals surface area contributed by atoms with Gasteiger partial charge in [0.2, 0.25) is 10.0 Å². The number of nitrogens with one attached hydrogen (secondary N) is 2. The van der Waals surface area contributed by atoms with Crippen LogP contribution in [0.2, 0.25) is 0 Å². The van der Waals surface area contributed by atoms with Gasteiger partial charge in [-0.05, 0) is 24.6 Å². The molecule has 0 aliphatic carbocycles. The number of benzene rings is 1. The van der Waals surface area contributed by atoms with Crippen molar-refractivity contribution in [3.63, 3.8) is 0 Å². The molecule has 0 amide bonds. The van der Waals surface area contributed by atoms with Gasteiger partial charge in [0, 0.05) is 19.6 Å². The minimum Gasteiger partial charge on any atom is -0.374 e. The highest BCUT2D eigenvalue weighted by atomic mass is 32.2. The van der Waals surface area contributed by atoms with Gasteiger partial charge in [-0.15, -0.1) is 0 Å². The van der Waals surface area contributed by atoms with Gasteiger partial charge < -0.3 is 10.1 Å². The molecule has 1 atom stereocenters. The minimum atomic E-state index is -3.70. The van der Waals surface area contributed by atoms with Crippen LogP contribution in [0.25, 0.3) is 0 Å². The van der Waals surface area contributed by atoms with Crippen LogP contribution in [0.15, 0.2) is 23.1 Å². The highest BCUT2D eigenvalue weighted by Gasteiger charge is 2.19. The van der Waals surface area contributed by atoms with Crippen molar-refractivity contribution in [2.24, 2.45) is 0 Å². The lowest BCUT2D eigenvalue weighted by Gasteiger charge is -2.23. The highest BCUT2D eigenvalue weighted by molar-refractivity contribution is 7.89. The number of hydrogen-bond donors (Lipinski definition) is 2. The van der Waals surface area contributed by atoms with Crippen molar-refractivity contribution < 1.29 is 17.5 Å². The van der Waals surface area contributed by atoms with Crippen LogP contribution in [-0.2, 0) is 14.8 Å². The van der Waals surface area contributed by atoms with Crippen LogP contribution in [0.3, 0.4) is 0 Å². The normalized spacial score (nSPS) is 20.4. The number of sulfonamides is 1. The van der Waals surface area contributed by atoms with Gasteiger partial charge in [0.05, 0.1) is 17.6 Å². The molecule has 1 aliphatic rings. The van der Waals surface area contributed by atoms with Gasteiger partial charge in [0.25, 0.3) is 0 Å². The first-order valence-corrected chi connectivity index (χ1v) is 7.55. The first-order valence-electron chi connectivity index (χ1n) is 6.07. The van der Waals surface area contributed by atoms with Crippen LogP contribution in [0.5, 0.6) is 0 Å². The maximum Gasteiger partial charge on any atom is 0.240 e. The molecule has 0 saturated carbocycles. The largest absolute Gasteiger partial charge is 0.374 e. The van der Waals surface area contributed by atoms with Crippen molar-refractivity contribution in [2.75, 3.05) is 26.2 Å². The standard InChI is InChI=1S/C12H17FN2O3S/c1-9-2-3-11(6-12(9)13)19(16,17)15-8-10-7-14-4-5-18-10/h2-3,6,10,14-15H,4-5,7-8H2,1H3. The quantitative estimate of drug-likeness (QED) is 0.841. The fraction of sp³-hybridized carbons (Fsp3) is 0.500. The van der Waals surface area contributed by atoms with Crippen LogP contribution in [0.1, 0.15) is 5.56 Å². The maximum atomic E-state index is 13.4. The molecule has 1 saturated heterocycles. The van der Waals surface area contributed by atoms with E-state index in [1.165, 1.54) is 12.1 Å². The summed E-state index contributed by atoms with van der Waals surface area (Å²) in [6.45, 7) is 3.69. The summed E-state index contributed by atoms with van der Waals surface area (Å²) in [6, 6.07) is 3.86. The van der Waals surface area contributed by atoms with Gasteiger partial charge >= 0.3 is 0 Å². The lowest BCUT2D eigenvalue weighted by atomic mass is 10.2. The Morgan fingerprint density at radius 3 is 2.95 bits per heavy atom. The van der Waals surface area contributed by atoms with E-state index in [0.717, 1.165) is 12.6 Å². The van der Waals surface area contributed by atoms with Gasteiger partial charge in [-0.1, -0.05) is 6.07 Å². The Morgan fingerprint density at radius 1 is 1.53 bits per heavy atom. The molecule has 1 heterocycles. The maximum absolute atomic E-state index is 13.4.